The zero-order valence-corrected chi connectivity index (χ0v) is 13.2. The van der Waals surface area contributed by atoms with Gasteiger partial charge >= 0.3 is 6.03 Å². The molecule has 0 heterocycles. The molecule has 0 radical (unpaired) electrons. The van der Waals surface area contributed by atoms with Gasteiger partial charge in [0.15, 0.2) is 0 Å². The van der Waals surface area contributed by atoms with E-state index in [-0.39, 0.29) is 5.91 Å². The van der Waals surface area contributed by atoms with Crippen LogP contribution in [0.4, 0.5) is 16.2 Å². The van der Waals surface area contributed by atoms with E-state index in [0.29, 0.717) is 12.8 Å². The molecule has 6 nitrogen and oxygen atoms in total. The van der Waals surface area contributed by atoms with Gasteiger partial charge in [-0.05, 0) is 37.1 Å². The molecule has 0 saturated heterocycles. The van der Waals surface area contributed by atoms with Crippen molar-refractivity contribution in [3.63, 3.8) is 0 Å². The Balaban J connectivity index is 0.000000388. The Hall–Kier alpha value is -1.76. The van der Waals surface area contributed by atoms with Gasteiger partial charge in [0.1, 0.15) is 4.32 Å². The number of rotatable bonds is 3. The number of urea groups is 1. The van der Waals surface area contributed by atoms with Crippen molar-refractivity contribution >= 4 is 39.2 Å². The highest BCUT2D eigenvalue weighted by Gasteiger charge is 2.32. The molecule has 0 aliphatic rings. The molecule has 0 unspecified atom stereocenters. The molecule has 1 rings (SSSR count). The zero-order valence-electron chi connectivity index (χ0n) is 11.7. The van der Waals surface area contributed by atoms with E-state index in [9.17, 15) is 9.59 Å². The number of hydrogen-bond donors (Lipinski definition) is 4. The van der Waals surface area contributed by atoms with Crippen LogP contribution in [-0.2, 0) is 4.79 Å². The number of halogens is 1. The van der Waals surface area contributed by atoms with Crippen molar-refractivity contribution in [2.45, 2.75) is 31.0 Å². The molecule has 3 amide bonds. The average molecular weight is 345 g/mol. The zero-order chi connectivity index (χ0) is 15.8. The normalized spacial score (nSPS) is 10.2. The smallest absolute Gasteiger partial charge is 0.318 e. The van der Waals surface area contributed by atoms with Gasteiger partial charge in [0.25, 0.3) is 0 Å². The van der Waals surface area contributed by atoms with Crippen molar-refractivity contribution < 1.29 is 9.59 Å². The number of nitrogen functional groups attached to an aromatic ring is 2. The molecule has 7 N–H and O–H groups in total. The number of carbonyl (C=O) groups excluding carboxylic acids is 2. The maximum atomic E-state index is 11.3. The molecule has 0 bridgehead atoms. The summed E-state index contributed by atoms with van der Waals surface area (Å²) in [5.74, 6) is -0.375. The predicted molar refractivity (Wildman–Crippen MR) is 85.2 cm³/mol. The van der Waals surface area contributed by atoms with Crippen LogP contribution in [0.3, 0.4) is 0 Å². The summed E-state index contributed by atoms with van der Waals surface area (Å²) < 4.78 is -0.665. The summed E-state index contributed by atoms with van der Waals surface area (Å²) in [7, 11) is 0. The van der Waals surface area contributed by atoms with E-state index < -0.39 is 10.4 Å². The number of anilines is 2. The van der Waals surface area contributed by atoms with Gasteiger partial charge in [-0.1, -0.05) is 29.8 Å². The van der Waals surface area contributed by atoms with Crippen LogP contribution < -0.4 is 22.5 Å². The van der Waals surface area contributed by atoms with Crippen LogP contribution in [0.15, 0.2) is 24.3 Å². The lowest BCUT2D eigenvalue weighted by molar-refractivity contribution is -0.122. The minimum atomic E-state index is -0.814. The van der Waals surface area contributed by atoms with Gasteiger partial charge < -0.3 is 17.2 Å². The lowest BCUT2D eigenvalue weighted by Gasteiger charge is -2.21. The second-order valence-corrected chi connectivity index (χ2v) is 5.68. The van der Waals surface area contributed by atoms with Crippen molar-refractivity contribution in [3.05, 3.63) is 24.3 Å². The van der Waals surface area contributed by atoms with Gasteiger partial charge in [-0.25, -0.2) is 4.79 Å². The van der Waals surface area contributed by atoms with Crippen molar-refractivity contribution in [1.29, 1.82) is 0 Å². The summed E-state index contributed by atoms with van der Waals surface area (Å²) in [5, 5.41) is 2.04. The molecule has 0 aliphatic carbocycles. The summed E-state index contributed by atoms with van der Waals surface area (Å²) in [6, 6.07) is 6.28. The first-order chi connectivity index (χ1) is 9.25. The summed E-state index contributed by atoms with van der Waals surface area (Å²) in [4.78, 5) is 21.6. The minimum absolute atomic E-state index is 0.375. The molecule has 0 aromatic heterocycles. The van der Waals surface area contributed by atoms with Gasteiger partial charge in [-0.2, -0.15) is 0 Å². The minimum Gasteiger partial charge on any atom is -0.399 e. The molecule has 0 saturated carbocycles. The van der Waals surface area contributed by atoms with Gasteiger partial charge in [-0.3, -0.25) is 10.1 Å². The third-order valence-corrected chi connectivity index (χ3v) is 4.18. The predicted octanol–water partition coefficient (Wildman–Crippen LogP) is 1.99. The Labute approximate surface area is 127 Å². The number of primary amides is 1. The second kappa shape index (κ2) is 8.42. The average Bonchev–Trinajstić information content (AvgIpc) is 2.41. The van der Waals surface area contributed by atoms with Gasteiger partial charge in [0, 0.05) is 11.4 Å². The highest BCUT2D eigenvalue weighted by molar-refractivity contribution is 9.10. The highest BCUT2D eigenvalue weighted by Crippen LogP contribution is 2.26. The van der Waals surface area contributed by atoms with Crippen molar-refractivity contribution in [2.75, 3.05) is 11.5 Å². The quantitative estimate of drug-likeness (QED) is 0.494. The molecular formula is C13H21BrN4O2. The lowest BCUT2D eigenvalue weighted by atomic mass is 10.0. The topological polar surface area (TPSA) is 124 Å². The first kappa shape index (κ1) is 18.2. The van der Waals surface area contributed by atoms with Crippen molar-refractivity contribution in [2.24, 2.45) is 5.73 Å². The van der Waals surface area contributed by atoms with E-state index in [1.165, 1.54) is 0 Å². The number of carbonyl (C=O) groups is 2. The molecule has 112 valence electrons. The summed E-state index contributed by atoms with van der Waals surface area (Å²) in [6.45, 7) is 3.72. The van der Waals surface area contributed by atoms with Crippen LogP contribution in [0.25, 0.3) is 0 Å². The van der Waals surface area contributed by atoms with E-state index in [1.807, 2.05) is 19.2 Å². The summed E-state index contributed by atoms with van der Waals surface area (Å²) in [6.07, 6.45) is 1.23. The third kappa shape index (κ3) is 6.42. The fourth-order valence-electron chi connectivity index (χ4n) is 1.29. The molecule has 20 heavy (non-hydrogen) atoms. The first-order valence-corrected chi connectivity index (χ1v) is 6.95. The Kier molecular flexibility index (Phi) is 7.68. The standard InChI is InChI=1S/C7H13BrN2O2.C6H8N2/c1-3-7(8,4-2)5(11)10-6(9)12;7-5-1-2-6(8)4-3-5/h3-4H2,1-2H3,(H3,9,10,11,12);1-4H,7-8H2. The molecule has 1 aromatic rings. The van der Waals surface area contributed by atoms with Gasteiger partial charge in [0.2, 0.25) is 5.91 Å². The van der Waals surface area contributed by atoms with E-state index in [1.54, 1.807) is 24.3 Å². The van der Waals surface area contributed by atoms with Crippen molar-refractivity contribution in [3.8, 4) is 0 Å². The number of imide groups is 1. The number of alkyl halides is 1. The fourth-order valence-corrected chi connectivity index (χ4v) is 1.39. The highest BCUT2D eigenvalue weighted by atomic mass is 79.9. The fraction of sp³-hybridized carbons (Fsp3) is 0.385. The van der Waals surface area contributed by atoms with Crippen LogP contribution in [0, 0.1) is 0 Å². The Morgan fingerprint density at radius 3 is 1.70 bits per heavy atom. The monoisotopic (exact) mass is 344 g/mol. The molecule has 0 aliphatic heterocycles. The maximum absolute atomic E-state index is 11.3. The summed E-state index contributed by atoms with van der Waals surface area (Å²) >= 11 is 3.26. The van der Waals surface area contributed by atoms with Crippen LogP contribution in [0.2, 0.25) is 0 Å². The Bertz CT molecular complexity index is 423. The van der Waals surface area contributed by atoms with E-state index in [4.69, 9.17) is 17.2 Å². The van der Waals surface area contributed by atoms with Crippen LogP contribution in [0.5, 0.6) is 0 Å². The number of hydrogen-bond acceptors (Lipinski definition) is 4. The SMILES string of the molecule is CCC(Br)(CC)C(=O)NC(N)=O.Nc1ccc(N)cc1. The largest absolute Gasteiger partial charge is 0.399 e. The molecule has 0 spiro atoms. The lowest BCUT2D eigenvalue weighted by Crippen LogP contribution is -2.46. The molecule has 0 atom stereocenters. The van der Waals surface area contributed by atoms with E-state index >= 15 is 0 Å². The van der Waals surface area contributed by atoms with E-state index in [0.717, 1.165) is 11.4 Å². The molecule has 7 heteroatoms. The number of benzene rings is 1. The number of nitrogens with one attached hydrogen (secondary N) is 1. The first-order valence-electron chi connectivity index (χ1n) is 6.16. The van der Waals surface area contributed by atoms with Crippen molar-refractivity contribution in [1.82, 2.24) is 5.32 Å². The number of nitrogens with two attached hydrogens (primary N) is 3. The third-order valence-electron chi connectivity index (χ3n) is 2.70. The second-order valence-electron chi connectivity index (χ2n) is 4.16. The number of amides is 3. The maximum Gasteiger partial charge on any atom is 0.318 e. The summed E-state index contributed by atoms with van der Waals surface area (Å²) in [5.41, 5.74) is 17.0. The Morgan fingerprint density at radius 2 is 1.45 bits per heavy atom. The van der Waals surface area contributed by atoms with Crippen LogP contribution in [-0.4, -0.2) is 16.3 Å². The van der Waals surface area contributed by atoms with Crippen LogP contribution >= 0.6 is 15.9 Å². The molecule has 0 fully saturated rings. The molecule has 1 aromatic carbocycles. The van der Waals surface area contributed by atoms with Gasteiger partial charge in [0.05, 0.1) is 0 Å². The molecular weight excluding hydrogens is 324 g/mol. The Morgan fingerprint density at radius 1 is 1.10 bits per heavy atom. The van der Waals surface area contributed by atoms with E-state index in [2.05, 4.69) is 15.9 Å². The van der Waals surface area contributed by atoms with Crippen LogP contribution in [0.1, 0.15) is 26.7 Å². The van der Waals surface area contributed by atoms with Gasteiger partial charge in [-0.15, -0.1) is 0 Å².